The molecule has 0 atom stereocenters. The van der Waals surface area contributed by atoms with E-state index in [1.165, 1.54) is 18.7 Å². The fourth-order valence-corrected chi connectivity index (χ4v) is 2.21. The summed E-state index contributed by atoms with van der Waals surface area (Å²) in [7, 11) is 2.89. The first-order chi connectivity index (χ1) is 11.7. The summed E-state index contributed by atoms with van der Waals surface area (Å²) in [5.41, 5.74) is 0.379. The molecule has 1 heterocycles. The van der Waals surface area contributed by atoms with E-state index in [9.17, 15) is 9.59 Å². The van der Waals surface area contributed by atoms with Gasteiger partial charge in [-0.3, -0.25) is 9.63 Å². The lowest BCUT2D eigenvalue weighted by Gasteiger charge is -2.20. The molecule has 1 aromatic carbocycles. The molecule has 0 radical (unpaired) electrons. The maximum atomic E-state index is 12.6. The van der Waals surface area contributed by atoms with Gasteiger partial charge in [0.2, 0.25) is 0 Å². The number of hydrogen-bond acceptors (Lipinski definition) is 6. The lowest BCUT2D eigenvalue weighted by molar-refractivity contribution is -0.0755. The number of amides is 1. The van der Waals surface area contributed by atoms with E-state index >= 15 is 0 Å². The summed E-state index contributed by atoms with van der Waals surface area (Å²) in [4.78, 5) is 34.3. The number of carbonyl (C=O) groups is 2. The van der Waals surface area contributed by atoms with Gasteiger partial charge >= 0.3 is 12.1 Å². The van der Waals surface area contributed by atoms with E-state index in [4.69, 9.17) is 14.3 Å². The van der Waals surface area contributed by atoms with Gasteiger partial charge in [-0.05, 0) is 39.8 Å². The highest BCUT2D eigenvalue weighted by atomic mass is 16.7. The molecule has 2 aromatic rings. The van der Waals surface area contributed by atoms with E-state index in [1.54, 1.807) is 45.9 Å². The average Bonchev–Trinajstić information content (AvgIpc) is 2.90. The minimum absolute atomic E-state index is 0.0760. The number of para-hydroxylation sites is 1. The highest BCUT2D eigenvalue weighted by molar-refractivity contribution is 6.06. The summed E-state index contributed by atoms with van der Waals surface area (Å²) in [6.45, 7) is 7.41. The second-order valence-corrected chi connectivity index (χ2v) is 6.30. The summed E-state index contributed by atoms with van der Waals surface area (Å²) in [6, 6.07) is 5.03. The zero-order valence-electron chi connectivity index (χ0n) is 15.3. The van der Waals surface area contributed by atoms with Crippen LogP contribution in [0.5, 0.6) is 6.01 Å². The quantitative estimate of drug-likeness (QED) is 0.789. The lowest BCUT2D eigenvalue weighted by Crippen LogP contribution is -2.27. The largest absolute Gasteiger partial charge is 0.465 e. The molecule has 0 spiro atoms. The fourth-order valence-electron chi connectivity index (χ4n) is 2.21. The van der Waals surface area contributed by atoms with Gasteiger partial charge < -0.3 is 9.47 Å². The van der Waals surface area contributed by atoms with E-state index in [0.717, 1.165) is 5.06 Å². The molecule has 8 heteroatoms. The molecule has 136 valence electrons. The van der Waals surface area contributed by atoms with Crippen molar-refractivity contribution >= 4 is 23.0 Å². The standard InChI is InChI=1S/C17H23N3O5/c1-7-24-15-18-13-11(14(21)19(5)23-6)9-8-10-12(13)20(15)16(22)25-17(2,3)4/h8-10H,7H2,1-6H3. The first kappa shape index (κ1) is 18.7. The van der Waals surface area contributed by atoms with Crippen molar-refractivity contribution in [3.8, 4) is 6.01 Å². The van der Waals surface area contributed by atoms with Gasteiger partial charge in [0, 0.05) is 7.05 Å². The van der Waals surface area contributed by atoms with Crippen molar-refractivity contribution in [2.24, 2.45) is 0 Å². The zero-order valence-corrected chi connectivity index (χ0v) is 15.3. The number of hydroxylamine groups is 2. The monoisotopic (exact) mass is 349 g/mol. The molecule has 0 saturated carbocycles. The number of aromatic nitrogens is 2. The topological polar surface area (TPSA) is 82.9 Å². The van der Waals surface area contributed by atoms with Gasteiger partial charge in [0.25, 0.3) is 5.91 Å². The number of imidazole rings is 1. The molecule has 0 aliphatic rings. The molecular formula is C17H23N3O5. The van der Waals surface area contributed by atoms with E-state index in [2.05, 4.69) is 4.98 Å². The van der Waals surface area contributed by atoms with Crippen LogP contribution in [0.4, 0.5) is 4.79 Å². The van der Waals surface area contributed by atoms with E-state index in [-0.39, 0.29) is 11.9 Å². The number of ether oxygens (including phenoxy) is 2. The number of carbonyl (C=O) groups excluding carboxylic acids is 2. The summed E-state index contributed by atoms with van der Waals surface area (Å²) >= 11 is 0. The van der Waals surface area contributed by atoms with E-state index in [1.807, 2.05) is 0 Å². The summed E-state index contributed by atoms with van der Waals surface area (Å²) in [5.74, 6) is -0.384. The number of rotatable bonds is 4. The molecular weight excluding hydrogens is 326 g/mol. The Morgan fingerprint density at radius 2 is 1.96 bits per heavy atom. The number of hydrogen-bond donors (Lipinski definition) is 0. The minimum Gasteiger partial charge on any atom is -0.465 e. The van der Waals surface area contributed by atoms with Gasteiger partial charge in [0.1, 0.15) is 11.1 Å². The average molecular weight is 349 g/mol. The summed E-state index contributed by atoms with van der Waals surface area (Å²) < 4.78 is 12.1. The Morgan fingerprint density at radius 1 is 1.28 bits per heavy atom. The van der Waals surface area contributed by atoms with E-state index < -0.39 is 11.7 Å². The van der Waals surface area contributed by atoms with Crippen molar-refractivity contribution in [2.75, 3.05) is 20.8 Å². The third-order valence-electron chi connectivity index (χ3n) is 3.29. The highest BCUT2D eigenvalue weighted by Crippen LogP contribution is 2.26. The molecule has 0 aliphatic carbocycles. The van der Waals surface area contributed by atoms with Crippen molar-refractivity contribution in [1.29, 1.82) is 0 Å². The van der Waals surface area contributed by atoms with Crippen molar-refractivity contribution in [1.82, 2.24) is 14.6 Å². The zero-order chi connectivity index (χ0) is 18.8. The van der Waals surface area contributed by atoms with Crippen LogP contribution < -0.4 is 4.74 Å². The Balaban J connectivity index is 2.63. The second kappa shape index (κ2) is 7.10. The molecule has 0 N–H and O–H groups in total. The molecule has 0 bridgehead atoms. The van der Waals surface area contributed by atoms with Gasteiger partial charge in [-0.15, -0.1) is 0 Å². The van der Waals surface area contributed by atoms with Crippen LogP contribution in [0, 0.1) is 0 Å². The van der Waals surface area contributed by atoms with Crippen LogP contribution in [0.15, 0.2) is 18.2 Å². The maximum absolute atomic E-state index is 12.6. The van der Waals surface area contributed by atoms with Gasteiger partial charge in [-0.1, -0.05) is 6.07 Å². The summed E-state index contributed by atoms with van der Waals surface area (Å²) in [5, 5.41) is 1.08. The van der Waals surface area contributed by atoms with Crippen LogP contribution in [-0.2, 0) is 9.57 Å². The second-order valence-electron chi connectivity index (χ2n) is 6.30. The van der Waals surface area contributed by atoms with Crippen molar-refractivity contribution in [3.05, 3.63) is 23.8 Å². The molecule has 25 heavy (non-hydrogen) atoms. The third-order valence-corrected chi connectivity index (χ3v) is 3.29. The van der Waals surface area contributed by atoms with Crippen molar-refractivity contribution < 1.29 is 23.9 Å². The SMILES string of the molecule is CCOc1nc2c(C(=O)N(C)OC)cccc2n1C(=O)OC(C)(C)C. The molecule has 8 nitrogen and oxygen atoms in total. The Morgan fingerprint density at radius 3 is 2.52 bits per heavy atom. The van der Waals surface area contributed by atoms with Crippen LogP contribution >= 0.6 is 0 Å². The Hall–Kier alpha value is -2.61. The predicted octanol–water partition coefficient (Wildman–Crippen LogP) is 2.85. The lowest BCUT2D eigenvalue weighted by atomic mass is 10.1. The fraction of sp³-hybridized carbons (Fsp3) is 0.471. The molecule has 0 unspecified atom stereocenters. The minimum atomic E-state index is -0.680. The molecule has 1 aromatic heterocycles. The van der Waals surface area contributed by atoms with Gasteiger partial charge in [0.15, 0.2) is 0 Å². The Kier molecular flexibility index (Phi) is 5.32. The molecule has 1 amide bonds. The van der Waals surface area contributed by atoms with Crippen molar-refractivity contribution in [2.45, 2.75) is 33.3 Å². The van der Waals surface area contributed by atoms with Crippen molar-refractivity contribution in [3.63, 3.8) is 0 Å². The molecule has 0 fully saturated rings. The van der Waals surface area contributed by atoms with Crippen LogP contribution in [-0.4, -0.2) is 53.0 Å². The summed E-state index contributed by atoms with van der Waals surface area (Å²) in [6.07, 6.45) is -0.622. The van der Waals surface area contributed by atoms with Gasteiger partial charge in [0.05, 0.1) is 24.8 Å². The maximum Gasteiger partial charge on any atom is 0.423 e. The number of nitrogens with zero attached hydrogens (tertiary/aromatic N) is 3. The van der Waals surface area contributed by atoms with Gasteiger partial charge in [-0.2, -0.15) is 9.55 Å². The van der Waals surface area contributed by atoms with Crippen LogP contribution in [0.3, 0.4) is 0 Å². The first-order valence-electron chi connectivity index (χ1n) is 7.89. The van der Waals surface area contributed by atoms with E-state index in [0.29, 0.717) is 23.2 Å². The molecule has 0 saturated heterocycles. The predicted molar refractivity (Wildman–Crippen MR) is 91.6 cm³/mol. The molecule has 0 aliphatic heterocycles. The first-order valence-corrected chi connectivity index (χ1v) is 7.89. The number of benzene rings is 1. The number of fused-ring (bicyclic) bond motifs is 1. The van der Waals surface area contributed by atoms with Crippen LogP contribution in [0.1, 0.15) is 38.1 Å². The Bertz CT molecular complexity index is 791. The highest BCUT2D eigenvalue weighted by Gasteiger charge is 2.26. The Labute approximate surface area is 146 Å². The van der Waals surface area contributed by atoms with Gasteiger partial charge in [-0.25, -0.2) is 9.86 Å². The van der Waals surface area contributed by atoms with Crippen LogP contribution in [0.2, 0.25) is 0 Å². The normalized spacial score (nSPS) is 11.4. The van der Waals surface area contributed by atoms with Crippen LogP contribution in [0.25, 0.3) is 11.0 Å². The smallest absolute Gasteiger partial charge is 0.423 e. The third kappa shape index (κ3) is 3.90. The molecule has 2 rings (SSSR count).